The van der Waals surface area contributed by atoms with E-state index < -0.39 is 5.41 Å². The minimum absolute atomic E-state index is 0.0310. The van der Waals surface area contributed by atoms with E-state index in [1.165, 1.54) is 76.6 Å². The fraction of sp³-hybridized carbons (Fsp3) is 0.153. The van der Waals surface area contributed by atoms with E-state index >= 15 is 0 Å². The summed E-state index contributed by atoms with van der Waals surface area (Å²) in [5, 5.41) is 2.27. The van der Waals surface area contributed by atoms with Gasteiger partial charge in [-0.1, -0.05) is 231 Å². The van der Waals surface area contributed by atoms with Crippen molar-refractivity contribution < 1.29 is 0 Å². The molecule has 5 aliphatic rings. The Morgan fingerprint density at radius 1 is 0.280 bits per heavy atom. The minimum Gasteiger partial charge on any atom is -0.208 e. The largest absolute Gasteiger partial charge is 0.208 e. The van der Waals surface area contributed by atoms with Crippen molar-refractivity contribution in [2.75, 3.05) is 0 Å². The quantitative estimate of drug-likeness (QED) is 0.152. The summed E-state index contributed by atoms with van der Waals surface area (Å²) in [6.45, 7) is 0. The van der Waals surface area contributed by atoms with Crippen molar-refractivity contribution >= 4 is 10.8 Å². The Hall–Kier alpha value is -8.53. The van der Waals surface area contributed by atoms with Crippen LogP contribution >= 0.6 is 0 Å². The van der Waals surface area contributed by atoms with Crippen LogP contribution in [0, 0.1) is 23.7 Å². The molecule has 4 bridgehead atoms. The number of benzene rings is 10. The average Bonchev–Trinajstić information content (AvgIpc) is 3.52. The molecule has 75 heavy (non-hydrogen) atoms. The van der Waals surface area contributed by atoms with Gasteiger partial charge >= 0.3 is 0 Å². The molecule has 3 nitrogen and oxygen atoms in total. The number of hydrogen-bond donors (Lipinski definition) is 0. The molecule has 16 rings (SSSR count). The van der Waals surface area contributed by atoms with Crippen LogP contribution < -0.4 is 0 Å². The lowest BCUT2D eigenvalue weighted by atomic mass is 9.38. The summed E-state index contributed by atoms with van der Waals surface area (Å²) in [7, 11) is 0. The molecule has 1 spiro atoms. The highest BCUT2D eigenvalue weighted by molar-refractivity contribution is 6.04. The summed E-state index contributed by atoms with van der Waals surface area (Å²) in [5.41, 5.74) is 18.3. The van der Waals surface area contributed by atoms with Gasteiger partial charge in [-0.2, -0.15) is 0 Å². The molecular formula is C72H55N3. The van der Waals surface area contributed by atoms with Gasteiger partial charge in [-0.25, -0.2) is 15.0 Å². The molecule has 0 unspecified atom stereocenters. The first kappa shape index (κ1) is 44.0. The second-order valence-electron chi connectivity index (χ2n) is 21.9. The maximum atomic E-state index is 5.28. The van der Waals surface area contributed by atoms with Gasteiger partial charge in [-0.15, -0.1) is 0 Å². The summed E-state index contributed by atoms with van der Waals surface area (Å²) >= 11 is 0. The van der Waals surface area contributed by atoms with Crippen LogP contribution in [0.5, 0.6) is 0 Å². The number of aromatic nitrogens is 3. The fourth-order valence-electron chi connectivity index (χ4n) is 15.2. The van der Waals surface area contributed by atoms with Gasteiger partial charge in [0.2, 0.25) is 0 Å². The van der Waals surface area contributed by atoms with Crippen molar-refractivity contribution in [2.24, 2.45) is 23.7 Å². The Bertz CT molecular complexity index is 3870. The van der Waals surface area contributed by atoms with Crippen molar-refractivity contribution in [1.29, 1.82) is 0 Å². The topological polar surface area (TPSA) is 38.7 Å². The molecule has 1 heterocycles. The van der Waals surface area contributed by atoms with Crippen LogP contribution in [0.4, 0.5) is 0 Å². The van der Waals surface area contributed by atoms with Crippen LogP contribution in [0.15, 0.2) is 249 Å². The Kier molecular flexibility index (Phi) is 10.3. The molecule has 10 aromatic carbocycles. The molecule has 3 heteroatoms. The van der Waals surface area contributed by atoms with Crippen LogP contribution in [0.25, 0.3) is 78.3 Å². The number of rotatable bonds is 8. The van der Waals surface area contributed by atoms with Crippen LogP contribution in [0.1, 0.15) is 65.5 Å². The van der Waals surface area contributed by atoms with E-state index in [2.05, 4.69) is 231 Å². The van der Waals surface area contributed by atoms with Crippen molar-refractivity contribution in [3.8, 4) is 67.5 Å². The third-order valence-corrected chi connectivity index (χ3v) is 18.1. The first-order chi connectivity index (χ1) is 37.1. The zero-order chi connectivity index (χ0) is 49.5. The summed E-state index contributed by atoms with van der Waals surface area (Å²) in [6.07, 6.45) is 6.76. The Balaban J connectivity index is 0.840. The zero-order valence-corrected chi connectivity index (χ0v) is 41.9. The maximum Gasteiger partial charge on any atom is 0.164 e. The van der Waals surface area contributed by atoms with Gasteiger partial charge in [0.25, 0.3) is 0 Å². The van der Waals surface area contributed by atoms with Crippen LogP contribution in [-0.2, 0) is 10.8 Å². The van der Waals surface area contributed by atoms with Crippen molar-refractivity contribution in [3.05, 3.63) is 282 Å². The lowest BCUT2D eigenvalue weighted by molar-refractivity contribution is -0.0440. The molecule has 5 aliphatic carbocycles. The molecule has 11 aromatic rings. The van der Waals surface area contributed by atoms with Gasteiger partial charge in [0, 0.05) is 22.1 Å². The van der Waals surface area contributed by atoms with Gasteiger partial charge in [0.1, 0.15) is 0 Å². The highest BCUT2D eigenvalue weighted by atomic mass is 15.0. The number of nitrogens with zero attached hydrogens (tertiary/aromatic N) is 3. The minimum atomic E-state index is -0.455. The number of fused-ring (bicyclic) bond motifs is 3. The second-order valence-corrected chi connectivity index (χ2v) is 21.9. The molecule has 4 fully saturated rings. The van der Waals surface area contributed by atoms with Gasteiger partial charge in [0.05, 0.1) is 5.41 Å². The standard InChI is InChI=1S/C72H55N3/c1-5-18-51(19-6-1)60-37-38-63(62-29-14-13-28-61(60)62)70-74-68(52-20-7-2-8-21-52)73-69(75-70)55-23-17-22-53(45-55)49-32-34-50(35-33-49)54-36-39-66-67(46-54)72(58-41-47-40-48(43-58)44-59(72)42-47)65-31-16-15-30-64(65)71(66,56-24-9-3-10-25-56)57-26-11-4-12-27-57/h1-39,45-48,58-59H,40-44H2. The summed E-state index contributed by atoms with van der Waals surface area (Å²) in [6, 6.07) is 91.8. The molecular weight excluding hydrogens is 907 g/mol. The average molecular weight is 962 g/mol. The molecule has 0 atom stereocenters. The third kappa shape index (κ3) is 6.90. The molecule has 0 radical (unpaired) electrons. The van der Waals surface area contributed by atoms with E-state index in [1.54, 1.807) is 11.1 Å². The van der Waals surface area contributed by atoms with Crippen molar-refractivity contribution in [3.63, 3.8) is 0 Å². The molecule has 0 aliphatic heterocycles. The highest BCUT2D eigenvalue weighted by Gasteiger charge is 2.63. The van der Waals surface area contributed by atoms with Gasteiger partial charge in [-0.05, 0) is 152 Å². The second kappa shape index (κ2) is 17.6. The van der Waals surface area contributed by atoms with Gasteiger partial charge in [-0.3, -0.25) is 0 Å². The molecule has 4 saturated carbocycles. The third-order valence-electron chi connectivity index (χ3n) is 18.1. The van der Waals surface area contributed by atoms with E-state index in [1.807, 2.05) is 18.2 Å². The van der Waals surface area contributed by atoms with E-state index in [0.29, 0.717) is 29.3 Å². The Morgan fingerprint density at radius 3 is 1.35 bits per heavy atom. The molecule has 0 N–H and O–H groups in total. The first-order valence-electron chi connectivity index (χ1n) is 27.1. The molecule has 1 aromatic heterocycles. The van der Waals surface area contributed by atoms with Crippen LogP contribution in [0.3, 0.4) is 0 Å². The predicted molar refractivity (Wildman–Crippen MR) is 306 cm³/mol. The van der Waals surface area contributed by atoms with E-state index in [0.717, 1.165) is 50.4 Å². The summed E-state index contributed by atoms with van der Waals surface area (Å²) in [5.74, 6) is 4.92. The lowest BCUT2D eigenvalue weighted by Crippen LogP contribution is -2.59. The van der Waals surface area contributed by atoms with Crippen LogP contribution in [0.2, 0.25) is 0 Å². The zero-order valence-electron chi connectivity index (χ0n) is 41.9. The monoisotopic (exact) mass is 961 g/mol. The summed E-state index contributed by atoms with van der Waals surface area (Å²) in [4.78, 5) is 15.6. The van der Waals surface area contributed by atoms with Crippen molar-refractivity contribution in [1.82, 2.24) is 15.0 Å². The van der Waals surface area contributed by atoms with E-state index in [-0.39, 0.29) is 5.41 Å². The van der Waals surface area contributed by atoms with E-state index in [4.69, 9.17) is 15.0 Å². The fourth-order valence-corrected chi connectivity index (χ4v) is 15.2. The smallest absolute Gasteiger partial charge is 0.164 e. The maximum absolute atomic E-state index is 5.28. The summed E-state index contributed by atoms with van der Waals surface area (Å²) < 4.78 is 0. The first-order valence-corrected chi connectivity index (χ1v) is 27.1. The normalized spacial score (nSPS) is 20.7. The molecule has 358 valence electrons. The SMILES string of the molecule is c1ccc(-c2nc(-c3cccc(-c4ccc(-c5ccc6c(c5)C5(c7ccccc7C6(c6ccccc6)c6ccccc6)C6CC7CC(C6)CC5C7)cc4)c3)nc(-c3ccc(-c4ccccc4)c4ccccc34)n2)cc1. The molecule has 0 amide bonds. The predicted octanol–water partition coefficient (Wildman–Crippen LogP) is 17.5. The molecule has 0 saturated heterocycles. The van der Waals surface area contributed by atoms with Crippen LogP contribution in [-0.4, -0.2) is 15.0 Å². The van der Waals surface area contributed by atoms with Gasteiger partial charge in [0.15, 0.2) is 17.5 Å². The lowest BCUT2D eigenvalue weighted by Gasteiger charge is -2.65. The van der Waals surface area contributed by atoms with Crippen molar-refractivity contribution in [2.45, 2.75) is 42.9 Å². The Labute approximate surface area is 439 Å². The number of hydrogen-bond acceptors (Lipinski definition) is 3. The Morgan fingerprint density at radius 2 is 0.720 bits per heavy atom. The highest BCUT2D eigenvalue weighted by Crippen LogP contribution is 2.70. The van der Waals surface area contributed by atoms with Gasteiger partial charge < -0.3 is 0 Å². The van der Waals surface area contributed by atoms with E-state index in [9.17, 15) is 0 Å².